The van der Waals surface area contributed by atoms with E-state index in [0.29, 0.717) is 0 Å². The first-order valence-electron chi connectivity index (χ1n) is 4.94. The molecule has 0 aliphatic carbocycles. The lowest BCUT2D eigenvalue weighted by molar-refractivity contribution is 0.412. The first kappa shape index (κ1) is 10.6. The Bertz CT molecular complexity index is 462. The Morgan fingerprint density at radius 1 is 1.40 bits per heavy atom. The maximum Gasteiger partial charge on any atom is 0.137 e. The quantitative estimate of drug-likeness (QED) is 0.795. The minimum Gasteiger partial charge on any atom is -0.309 e. The Hall–Kier alpha value is -0.870. The van der Waals surface area contributed by atoms with Crippen molar-refractivity contribution in [2.24, 2.45) is 0 Å². The van der Waals surface area contributed by atoms with Crippen LogP contribution in [0.4, 0.5) is 0 Å². The van der Waals surface area contributed by atoms with Crippen molar-refractivity contribution in [3.05, 3.63) is 34.7 Å². The second-order valence-corrected chi connectivity index (χ2v) is 4.67. The molecular weight excluding hydrogens is 254 g/mol. The van der Waals surface area contributed by atoms with Gasteiger partial charge in [-0.25, -0.2) is 4.98 Å². The van der Waals surface area contributed by atoms with E-state index in [1.54, 1.807) is 0 Å². The molecule has 80 valence electrons. The molecule has 0 N–H and O–H groups in total. The van der Waals surface area contributed by atoms with Crippen LogP contribution in [0.25, 0.3) is 5.65 Å². The second-order valence-electron chi connectivity index (χ2n) is 3.86. The molecular formula is C11H14BrN3. The maximum absolute atomic E-state index is 4.55. The van der Waals surface area contributed by atoms with Gasteiger partial charge in [0.1, 0.15) is 5.65 Å². The second kappa shape index (κ2) is 4.33. The number of hydrogen-bond donors (Lipinski definition) is 0. The Morgan fingerprint density at radius 3 is 2.87 bits per heavy atom. The van der Waals surface area contributed by atoms with E-state index in [9.17, 15) is 0 Å². The lowest BCUT2D eigenvalue weighted by Gasteiger charge is -2.06. The molecule has 0 fully saturated rings. The van der Waals surface area contributed by atoms with Crippen LogP contribution < -0.4 is 0 Å². The summed E-state index contributed by atoms with van der Waals surface area (Å²) in [4.78, 5) is 6.72. The van der Waals surface area contributed by atoms with E-state index in [4.69, 9.17) is 0 Å². The molecule has 0 spiro atoms. The number of fused-ring (bicyclic) bond motifs is 1. The fourth-order valence-corrected chi connectivity index (χ4v) is 1.92. The van der Waals surface area contributed by atoms with Crippen molar-refractivity contribution in [1.82, 2.24) is 14.3 Å². The van der Waals surface area contributed by atoms with E-state index in [0.717, 1.165) is 28.9 Å². The fourth-order valence-electron chi connectivity index (χ4n) is 1.49. The van der Waals surface area contributed by atoms with Crippen molar-refractivity contribution < 1.29 is 0 Å². The number of pyridine rings is 1. The molecule has 2 aromatic rings. The topological polar surface area (TPSA) is 20.5 Å². The van der Waals surface area contributed by atoms with Crippen LogP contribution in [0.5, 0.6) is 0 Å². The summed E-state index contributed by atoms with van der Waals surface area (Å²) in [7, 11) is 4.15. The average molecular weight is 268 g/mol. The predicted molar refractivity (Wildman–Crippen MR) is 65.2 cm³/mol. The van der Waals surface area contributed by atoms with Gasteiger partial charge in [-0.1, -0.05) is 6.07 Å². The van der Waals surface area contributed by atoms with Gasteiger partial charge in [0.05, 0.1) is 10.3 Å². The van der Waals surface area contributed by atoms with Crippen LogP contribution in [0, 0.1) is 0 Å². The van der Waals surface area contributed by atoms with Gasteiger partial charge in [-0.3, -0.25) is 4.40 Å². The van der Waals surface area contributed by atoms with E-state index >= 15 is 0 Å². The molecule has 0 atom stereocenters. The summed E-state index contributed by atoms with van der Waals surface area (Å²) in [5.41, 5.74) is 2.13. The zero-order valence-corrected chi connectivity index (χ0v) is 10.5. The maximum atomic E-state index is 4.55. The van der Waals surface area contributed by atoms with Gasteiger partial charge in [0.15, 0.2) is 0 Å². The van der Waals surface area contributed by atoms with Crippen molar-refractivity contribution in [3.63, 3.8) is 0 Å². The van der Waals surface area contributed by atoms with Gasteiger partial charge in [0, 0.05) is 19.2 Å². The van der Waals surface area contributed by atoms with Gasteiger partial charge in [-0.15, -0.1) is 0 Å². The van der Waals surface area contributed by atoms with Crippen LogP contribution in [-0.4, -0.2) is 34.9 Å². The summed E-state index contributed by atoms with van der Waals surface area (Å²) in [6.07, 6.45) is 3.07. The summed E-state index contributed by atoms with van der Waals surface area (Å²) in [6.45, 7) is 1.03. The van der Waals surface area contributed by atoms with E-state index < -0.39 is 0 Å². The summed E-state index contributed by atoms with van der Waals surface area (Å²) < 4.78 is 3.11. The standard InChI is InChI=1S/C11H14BrN3/c1-14(2)7-6-9-8-15-10(12)4-3-5-11(15)13-9/h3-5,8H,6-7H2,1-2H3. The van der Waals surface area contributed by atoms with E-state index in [1.807, 2.05) is 18.2 Å². The molecule has 0 aliphatic heterocycles. The zero-order valence-electron chi connectivity index (χ0n) is 8.94. The Kier molecular flexibility index (Phi) is 3.07. The van der Waals surface area contributed by atoms with Gasteiger partial charge in [-0.05, 0) is 42.2 Å². The summed E-state index contributed by atoms with van der Waals surface area (Å²) in [5.74, 6) is 0. The lowest BCUT2D eigenvalue weighted by Crippen LogP contribution is -2.15. The van der Waals surface area contributed by atoms with Gasteiger partial charge < -0.3 is 4.90 Å². The summed E-state index contributed by atoms with van der Waals surface area (Å²) >= 11 is 3.50. The van der Waals surface area contributed by atoms with Crippen LogP contribution in [0.2, 0.25) is 0 Å². The Labute approximate surface area is 97.9 Å². The Morgan fingerprint density at radius 2 is 2.20 bits per heavy atom. The minimum atomic E-state index is 0.987. The van der Waals surface area contributed by atoms with Crippen LogP contribution >= 0.6 is 15.9 Å². The highest BCUT2D eigenvalue weighted by Gasteiger charge is 2.03. The summed E-state index contributed by atoms with van der Waals surface area (Å²) in [5, 5.41) is 0. The molecule has 0 unspecified atom stereocenters. The fraction of sp³-hybridized carbons (Fsp3) is 0.364. The monoisotopic (exact) mass is 267 g/mol. The molecule has 0 saturated heterocycles. The molecule has 2 rings (SSSR count). The summed E-state index contributed by atoms with van der Waals surface area (Å²) in [6, 6.07) is 6.04. The highest BCUT2D eigenvalue weighted by molar-refractivity contribution is 9.10. The molecule has 2 heterocycles. The van der Waals surface area contributed by atoms with Crippen LogP contribution in [-0.2, 0) is 6.42 Å². The SMILES string of the molecule is CN(C)CCc1cn2c(Br)cccc2n1. The minimum absolute atomic E-state index is 0.987. The number of imidazole rings is 1. The molecule has 0 bridgehead atoms. The van der Waals surface area contributed by atoms with Crippen molar-refractivity contribution in [2.45, 2.75) is 6.42 Å². The number of likely N-dealkylation sites (N-methyl/N-ethyl adjacent to an activating group) is 1. The van der Waals surface area contributed by atoms with Crippen LogP contribution in [0.1, 0.15) is 5.69 Å². The molecule has 0 amide bonds. The highest BCUT2D eigenvalue weighted by Crippen LogP contribution is 2.14. The van der Waals surface area contributed by atoms with Gasteiger partial charge in [0.25, 0.3) is 0 Å². The largest absolute Gasteiger partial charge is 0.309 e. The third kappa shape index (κ3) is 2.38. The normalized spacial score (nSPS) is 11.5. The van der Waals surface area contributed by atoms with E-state index in [2.05, 4.69) is 50.5 Å². The first-order valence-corrected chi connectivity index (χ1v) is 5.73. The molecule has 0 aromatic carbocycles. The highest BCUT2D eigenvalue weighted by atomic mass is 79.9. The van der Waals surface area contributed by atoms with Gasteiger partial charge in [-0.2, -0.15) is 0 Å². The Balaban J connectivity index is 2.27. The van der Waals surface area contributed by atoms with Crippen molar-refractivity contribution in [1.29, 1.82) is 0 Å². The number of halogens is 1. The van der Waals surface area contributed by atoms with Crippen molar-refractivity contribution in [2.75, 3.05) is 20.6 Å². The van der Waals surface area contributed by atoms with Gasteiger partial charge >= 0.3 is 0 Å². The number of rotatable bonds is 3. The van der Waals surface area contributed by atoms with E-state index in [1.165, 1.54) is 0 Å². The van der Waals surface area contributed by atoms with Crippen LogP contribution in [0.3, 0.4) is 0 Å². The number of aromatic nitrogens is 2. The molecule has 0 aliphatic rings. The third-order valence-electron chi connectivity index (χ3n) is 2.31. The first-order chi connectivity index (χ1) is 7.16. The van der Waals surface area contributed by atoms with E-state index in [-0.39, 0.29) is 0 Å². The molecule has 4 heteroatoms. The smallest absolute Gasteiger partial charge is 0.137 e. The van der Waals surface area contributed by atoms with Crippen molar-refractivity contribution >= 4 is 21.6 Å². The predicted octanol–water partition coefficient (Wildman–Crippen LogP) is 2.20. The van der Waals surface area contributed by atoms with Gasteiger partial charge in [0.2, 0.25) is 0 Å². The molecule has 15 heavy (non-hydrogen) atoms. The third-order valence-corrected chi connectivity index (χ3v) is 2.95. The average Bonchev–Trinajstić information content (AvgIpc) is 2.59. The molecule has 0 radical (unpaired) electrons. The molecule has 0 saturated carbocycles. The zero-order chi connectivity index (χ0) is 10.8. The molecule has 3 nitrogen and oxygen atoms in total. The van der Waals surface area contributed by atoms with Crippen molar-refractivity contribution in [3.8, 4) is 0 Å². The lowest BCUT2D eigenvalue weighted by atomic mass is 10.3. The molecule has 2 aromatic heterocycles. The van der Waals surface area contributed by atoms with Crippen LogP contribution in [0.15, 0.2) is 29.0 Å². The number of nitrogens with zero attached hydrogens (tertiary/aromatic N) is 3. The number of hydrogen-bond acceptors (Lipinski definition) is 2.